The van der Waals surface area contributed by atoms with Crippen LogP contribution in [0.4, 0.5) is 0 Å². The highest BCUT2D eigenvalue weighted by atomic mass is 16.2. The number of aromatic nitrogens is 1. The van der Waals surface area contributed by atoms with Crippen LogP contribution in [0.15, 0.2) is 12.3 Å². The number of amides is 2. The molecule has 0 N–H and O–H groups in total. The molecule has 26 heavy (non-hydrogen) atoms. The van der Waals surface area contributed by atoms with E-state index in [-0.39, 0.29) is 11.8 Å². The number of hydrogen-bond donors (Lipinski definition) is 0. The van der Waals surface area contributed by atoms with Gasteiger partial charge in [-0.25, -0.2) is 0 Å². The lowest BCUT2D eigenvalue weighted by molar-refractivity contribution is -0.133. The van der Waals surface area contributed by atoms with Gasteiger partial charge in [0, 0.05) is 49.6 Å². The van der Waals surface area contributed by atoms with Crippen molar-refractivity contribution < 1.29 is 9.59 Å². The van der Waals surface area contributed by atoms with E-state index in [0.29, 0.717) is 24.3 Å². The van der Waals surface area contributed by atoms with Crippen molar-refractivity contribution in [3.63, 3.8) is 0 Å². The van der Waals surface area contributed by atoms with Crippen LogP contribution >= 0.6 is 0 Å². The number of nitrogens with zero attached hydrogens (tertiary/aromatic N) is 3. The van der Waals surface area contributed by atoms with Gasteiger partial charge in [-0.1, -0.05) is 13.8 Å². The van der Waals surface area contributed by atoms with Crippen LogP contribution < -0.4 is 0 Å². The minimum absolute atomic E-state index is 0.105. The van der Waals surface area contributed by atoms with Gasteiger partial charge < -0.3 is 9.80 Å². The SMILES string of the molecule is Cc1cc(C(=O)N2CCC(C3CCCN3C(=O)CC(C)C)C2)c(C)cn1. The highest BCUT2D eigenvalue weighted by molar-refractivity contribution is 5.95. The molecule has 2 fully saturated rings. The lowest BCUT2D eigenvalue weighted by atomic mass is 9.96. The van der Waals surface area contributed by atoms with Crippen molar-refractivity contribution in [2.24, 2.45) is 11.8 Å². The van der Waals surface area contributed by atoms with Gasteiger partial charge in [0.2, 0.25) is 5.91 Å². The molecule has 2 atom stereocenters. The van der Waals surface area contributed by atoms with Crippen molar-refractivity contribution in [3.8, 4) is 0 Å². The Kier molecular flexibility index (Phi) is 5.64. The van der Waals surface area contributed by atoms with Crippen molar-refractivity contribution in [2.75, 3.05) is 19.6 Å². The molecule has 5 nitrogen and oxygen atoms in total. The first-order valence-electron chi connectivity index (χ1n) is 9.88. The Hall–Kier alpha value is -1.91. The number of pyridine rings is 1. The second-order valence-corrected chi connectivity index (χ2v) is 8.34. The summed E-state index contributed by atoms with van der Waals surface area (Å²) in [6, 6.07) is 2.19. The van der Waals surface area contributed by atoms with Crippen molar-refractivity contribution in [1.82, 2.24) is 14.8 Å². The summed E-state index contributed by atoms with van der Waals surface area (Å²) >= 11 is 0. The third kappa shape index (κ3) is 3.92. The minimum Gasteiger partial charge on any atom is -0.339 e. The van der Waals surface area contributed by atoms with E-state index in [0.717, 1.165) is 55.7 Å². The lowest BCUT2D eigenvalue weighted by Gasteiger charge is -2.30. The van der Waals surface area contributed by atoms with Crippen molar-refractivity contribution >= 4 is 11.8 Å². The average molecular weight is 357 g/mol. The van der Waals surface area contributed by atoms with Gasteiger partial charge in [-0.3, -0.25) is 14.6 Å². The zero-order chi connectivity index (χ0) is 18.8. The number of hydrogen-bond acceptors (Lipinski definition) is 3. The third-order valence-corrected chi connectivity index (χ3v) is 5.73. The van der Waals surface area contributed by atoms with Crippen LogP contribution in [0.3, 0.4) is 0 Å². The first-order chi connectivity index (χ1) is 12.4. The Bertz CT molecular complexity index is 686. The smallest absolute Gasteiger partial charge is 0.254 e. The van der Waals surface area contributed by atoms with Gasteiger partial charge in [-0.2, -0.15) is 0 Å². The van der Waals surface area contributed by atoms with Crippen molar-refractivity contribution in [3.05, 3.63) is 29.1 Å². The number of likely N-dealkylation sites (tertiary alicyclic amines) is 2. The molecule has 0 aromatic carbocycles. The van der Waals surface area contributed by atoms with Crippen molar-refractivity contribution in [2.45, 2.75) is 59.4 Å². The number of carbonyl (C=O) groups is 2. The van der Waals surface area contributed by atoms with Crippen LogP contribution in [0.2, 0.25) is 0 Å². The first-order valence-corrected chi connectivity index (χ1v) is 9.88. The van der Waals surface area contributed by atoms with E-state index >= 15 is 0 Å². The molecular formula is C21H31N3O2. The van der Waals surface area contributed by atoms with Gasteiger partial charge in [-0.15, -0.1) is 0 Å². The molecule has 3 heterocycles. The van der Waals surface area contributed by atoms with Gasteiger partial charge in [-0.05, 0) is 56.6 Å². The summed E-state index contributed by atoms with van der Waals surface area (Å²) in [7, 11) is 0. The maximum absolute atomic E-state index is 13.0. The Balaban J connectivity index is 1.67. The predicted molar refractivity (Wildman–Crippen MR) is 102 cm³/mol. The van der Waals surface area contributed by atoms with E-state index in [1.165, 1.54) is 0 Å². The summed E-state index contributed by atoms with van der Waals surface area (Å²) in [6.45, 7) is 10.5. The Morgan fingerprint density at radius 1 is 1.23 bits per heavy atom. The zero-order valence-electron chi connectivity index (χ0n) is 16.5. The highest BCUT2D eigenvalue weighted by Crippen LogP contribution is 2.32. The molecule has 1 aromatic heterocycles. The van der Waals surface area contributed by atoms with Crippen LogP contribution in [0.1, 0.15) is 61.1 Å². The molecule has 142 valence electrons. The molecule has 0 aliphatic carbocycles. The van der Waals surface area contributed by atoms with Gasteiger partial charge in [0.15, 0.2) is 0 Å². The standard InChI is InChI=1S/C21H31N3O2/c1-14(2)10-20(25)24-8-5-6-19(24)17-7-9-23(13-17)21(26)18-11-16(4)22-12-15(18)3/h11-12,14,17,19H,5-10,13H2,1-4H3. The lowest BCUT2D eigenvalue weighted by Crippen LogP contribution is -2.42. The van der Waals surface area contributed by atoms with Crippen molar-refractivity contribution in [1.29, 1.82) is 0 Å². The predicted octanol–water partition coefficient (Wildman–Crippen LogP) is 3.20. The summed E-state index contributed by atoms with van der Waals surface area (Å²) in [5, 5.41) is 0. The molecular weight excluding hydrogens is 326 g/mol. The van der Waals surface area contributed by atoms with E-state index in [1.54, 1.807) is 6.20 Å². The summed E-state index contributed by atoms with van der Waals surface area (Å²) in [6.07, 6.45) is 5.55. The molecule has 5 heteroatoms. The summed E-state index contributed by atoms with van der Waals surface area (Å²) < 4.78 is 0. The van der Waals surface area contributed by atoms with Crippen LogP contribution in [-0.2, 0) is 4.79 Å². The van der Waals surface area contributed by atoms with Crippen LogP contribution in [-0.4, -0.2) is 52.3 Å². The van der Waals surface area contributed by atoms with Gasteiger partial charge in [0.25, 0.3) is 5.91 Å². The number of rotatable bonds is 4. The van der Waals surface area contributed by atoms with Gasteiger partial charge in [0.05, 0.1) is 0 Å². The summed E-state index contributed by atoms with van der Waals surface area (Å²) in [5.41, 5.74) is 2.56. The second-order valence-electron chi connectivity index (χ2n) is 8.34. The van der Waals surface area contributed by atoms with Crippen LogP contribution in [0.25, 0.3) is 0 Å². The molecule has 0 bridgehead atoms. The Morgan fingerprint density at radius 2 is 2.00 bits per heavy atom. The van der Waals surface area contributed by atoms with E-state index in [4.69, 9.17) is 0 Å². The summed E-state index contributed by atoms with van der Waals surface area (Å²) in [4.78, 5) is 33.9. The molecule has 1 aromatic rings. The largest absolute Gasteiger partial charge is 0.339 e. The minimum atomic E-state index is 0.105. The maximum atomic E-state index is 13.0. The monoisotopic (exact) mass is 357 g/mol. The average Bonchev–Trinajstić information content (AvgIpc) is 3.24. The third-order valence-electron chi connectivity index (χ3n) is 5.73. The molecule has 3 rings (SSSR count). The molecule has 0 saturated carbocycles. The molecule has 2 aliphatic rings. The molecule has 2 unspecified atom stereocenters. The fourth-order valence-electron chi connectivity index (χ4n) is 4.37. The molecule has 2 aliphatic heterocycles. The topological polar surface area (TPSA) is 53.5 Å². The molecule has 0 spiro atoms. The highest BCUT2D eigenvalue weighted by Gasteiger charge is 2.39. The Labute approximate surface area is 156 Å². The Morgan fingerprint density at radius 3 is 2.73 bits per heavy atom. The van der Waals surface area contributed by atoms with E-state index < -0.39 is 0 Å². The second kappa shape index (κ2) is 7.77. The van der Waals surface area contributed by atoms with Gasteiger partial charge in [0.1, 0.15) is 0 Å². The van der Waals surface area contributed by atoms with E-state index in [1.807, 2.05) is 24.8 Å². The zero-order valence-corrected chi connectivity index (χ0v) is 16.5. The first kappa shape index (κ1) is 18.9. The normalized spacial score (nSPS) is 23.1. The van der Waals surface area contributed by atoms with Gasteiger partial charge >= 0.3 is 0 Å². The fraction of sp³-hybridized carbons (Fsp3) is 0.667. The van der Waals surface area contributed by atoms with Crippen LogP contribution in [0, 0.1) is 25.7 Å². The number of carbonyl (C=O) groups excluding carboxylic acids is 2. The number of aryl methyl sites for hydroxylation is 2. The van der Waals surface area contributed by atoms with E-state index in [2.05, 4.69) is 23.7 Å². The van der Waals surface area contributed by atoms with Crippen LogP contribution in [0.5, 0.6) is 0 Å². The van der Waals surface area contributed by atoms with E-state index in [9.17, 15) is 9.59 Å². The quantitative estimate of drug-likeness (QED) is 0.831. The molecule has 2 saturated heterocycles. The fourth-order valence-corrected chi connectivity index (χ4v) is 4.37. The summed E-state index contributed by atoms with van der Waals surface area (Å²) in [5.74, 6) is 1.19. The molecule has 2 amide bonds. The maximum Gasteiger partial charge on any atom is 0.254 e. The molecule has 0 radical (unpaired) electrons.